The minimum Gasteiger partial charge on any atom is -0.466 e. The summed E-state index contributed by atoms with van der Waals surface area (Å²) in [5.74, 6) is 2.54. The maximum atomic E-state index is 12.1. The summed E-state index contributed by atoms with van der Waals surface area (Å²) >= 11 is 34.3. The monoisotopic (exact) mass is 984 g/mol. The topological polar surface area (TPSA) is 52.6 Å². The maximum Gasteiger partial charge on any atom is 0.306 e. The molecule has 4 aliphatic rings. The predicted octanol–water partition coefficient (Wildman–Crippen LogP) is 14.2. The van der Waals surface area contributed by atoms with Crippen molar-refractivity contribution >= 4 is 202 Å². The van der Waals surface area contributed by atoms with E-state index in [2.05, 4.69) is 62.1 Å². The standard InChI is InChI=1S/C31H36O4S16/c1-5-34-20(32)11-13-40-28-30(50-24(48-28)8-7-22-44-18(15-36)19(16-37)45-22)42-17-43-31-29(41-14-12-21(33)35-6-2)49-25(51-31)10-9-23-46-26(38-3)27(39-4)47-23/h7-10,36-37H,5-6,11-17H2,1-4H3/b24-8-,25-10?. The van der Waals surface area contributed by atoms with E-state index < -0.39 is 0 Å². The molecule has 0 unspecified atom stereocenters. The summed E-state index contributed by atoms with van der Waals surface area (Å²) in [5, 5.41) is 0.856. The Morgan fingerprint density at radius 3 is 1.22 bits per heavy atom. The molecule has 4 rings (SSSR count). The van der Waals surface area contributed by atoms with Gasteiger partial charge in [0.1, 0.15) is 0 Å². The molecule has 0 aliphatic carbocycles. The van der Waals surface area contributed by atoms with Gasteiger partial charge in [-0.15, -0.1) is 70.6 Å². The highest BCUT2D eigenvalue weighted by molar-refractivity contribution is 8.44. The first-order valence-electron chi connectivity index (χ1n) is 15.1. The highest BCUT2D eigenvalue weighted by Gasteiger charge is 2.26. The van der Waals surface area contributed by atoms with Crippen molar-refractivity contribution in [2.75, 3.05) is 53.8 Å². The van der Waals surface area contributed by atoms with Gasteiger partial charge in [0.15, 0.2) is 0 Å². The van der Waals surface area contributed by atoms with Gasteiger partial charge in [-0.1, -0.05) is 94.1 Å². The lowest BCUT2D eigenvalue weighted by Crippen LogP contribution is -2.04. The van der Waals surface area contributed by atoms with Gasteiger partial charge in [0.25, 0.3) is 0 Å². The SMILES string of the molecule is CCOC(=O)CCSC1=C(SCSC2=C(SCCC(=O)OCC)S/C(=C/C=C3SC(CS)=C(CS)S3)S2)SC(=CC=C2SC(SC)=C(SC)S2)S1. The molecule has 4 nitrogen and oxygen atoms in total. The average molecular weight is 986 g/mol. The van der Waals surface area contributed by atoms with Crippen LogP contribution in [0.25, 0.3) is 0 Å². The second-order valence-corrected chi connectivity index (χ2v) is 27.3. The Bertz CT molecular complexity index is 1390. The lowest BCUT2D eigenvalue weighted by Gasteiger charge is -2.07. The van der Waals surface area contributed by atoms with Crippen molar-refractivity contribution in [3.05, 3.63) is 76.5 Å². The van der Waals surface area contributed by atoms with Crippen molar-refractivity contribution in [2.24, 2.45) is 0 Å². The van der Waals surface area contributed by atoms with E-state index in [0.717, 1.165) is 16.6 Å². The number of ether oxygens (including phenoxy) is 2. The van der Waals surface area contributed by atoms with Crippen LogP contribution in [-0.2, 0) is 19.1 Å². The Morgan fingerprint density at radius 2 is 0.882 bits per heavy atom. The highest BCUT2D eigenvalue weighted by atomic mass is 32.3. The number of thiol groups is 2. The maximum absolute atomic E-state index is 12.1. The minimum atomic E-state index is -0.153. The lowest BCUT2D eigenvalue weighted by atomic mass is 10.5. The molecule has 0 radical (unpaired) electrons. The van der Waals surface area contributed by atoms with Crippen LogP contribution < -0.4 is 0 Å². The van der Waals surface area contributed by atoms with Crippen LogP contribution in [0.3, 0.4) is 0 Å². The zero-order chi connectivity index (χ0) is 36.6. The summed E-state index contributed by atoms with van der Waals surface area (Å²) in [6, 6.07) is 0. The summed E-state index contributed by atoms with van der Waals surface area (Å²) in [5.41, 5.74) is 0. The molecule has 4 aliphatic heterocycles. The molecular weight excluding hydrogens is 949 g/mol. The molecule has 0 atom stereocenters. The molecule has 280 valence electrons. The van der Waals surface area contributed by atoms with Crippen molar-refractivity contribution < 1.29 is 19.1 Å². The van der Waals surface area contributed by atoms with Crippen molar-refractivity contribution in [3.63, 3.8) is 0 Å². The van der Waals surface area contributed by atoms with Crippen molar-refractivity contribution in [1.82, 2.24) is 0 Å². The third kappa shape index (κ3) is 15.6. The Balaban J connectivity index is 1.42. The van der Waals surface area contributed by atoms with Crippen LogP contribution in [-0.4, -0.2) is 65.8 Å². The quantitative estimate of drug-likeness (QED) is 0.0691. The van der Waals surface area contributed by atoms with E-state index in [1.165, 1.54) is 52.2 Å². The number of allylic oxidation sites excluding steroid dienone is 4. The number of hydrogen-bond donors (Lipinski definition) is 2. The highest BCUT2D eigenvalue weighted by Crippen LogP contribution is 2.62. The van der Waals surface area contributed by atoms with Crippen LogP contribution in [0.2, 0.25) is 0 Å². The van der Waals surface area contributed by atoms with Gasteiger partial charge in [-0.2, -0.15) is 25.3 Å². The first-order chi connectivity index (χ1) is 24.8. The third-order valence-electron chi connectivity index (χ3n) is 5.86. The number of hydrogen-bond acceptors (Lipinski definition) is 20. The molecule has 4 heterocycles. The summed E-state index contributed by atoms with van der Waals surface area (Å²) < 4.78 is 23.1. The molecule has 0 spiro atoms. The predicted molar refractivity (Wildman–Crippen MR) is 263 cm³/mol. The first kappa shape index (κ1) is 46.2. The van der Waals surface area contributed by atoms with Gasteiger partial charge < -0.3 is 9.47 Å². The van der Waals surface area contributed by atoms with E-state index in [1.807, 2.05) is 108 Å². The molecule has 0 bridgehead atoms. The molecule has 0 amide bonds. The van der Waals surface area contributed by atoms with Gasteiger partial charge in [-0.25, -0.2) is 0 Å². The second-order valence-electron chi connectivity index (χ2n) is 9.27. The Kier molecular flexibility index (Phi) is 23.3. The summed E-state index contributed by atoms with van der Waals surface area (Å²) in [7, 11) is 0. The molecule has 0 fully saturated rings. The minimum absolute atomic E-state index is 0.149. The first-order valence-corrected chi connectivity index (χ1v) is 29.3. The molecule has 0 aromatic carbocycles. The van der Waals surface area contributed by atoms with Crippen LogP contribution in [0.4, 0.5) is 0 Å². The van der Waals surface area contributed by atoms with Crippen molar-refractivity contribution in [1.29, 1.82) is 0 Å². The fourth-order valence-electron chi connectivity index (χ4n) is 3.68. The molecule has 0 saturated heterocycles. The van der Waals surface area contributed by atoms with E-state index in [1.54, 1.807) is 70.6 Å². The van der Waals surface area contributed by atoms with Gasteiger partial charge in [0, 0.05) is 42.1 Å². The van der Waals surface area contributed by atoms with E-state index in [-0.39, 0.29) is 11.9 Å². The number of rotatable bonds is 20. The number of carbonyl (C=O) groups is 2. The summed E-state index contributed by atoms with van der Waals surface area (Å²) in [4.78, 5) is 26.7. The average Bonchev–Trinajstić information content (AvgIpc) is 3.91. The molecule has 51 heavy (non-hydrogen) atoms. The normalized spacial score (nSPS) is 19.6. The third-order valence-corrected chi connectivity index (χ3v) is 25.6. The fraction of sp³-hybridized carbons (Fsp3) is 0.419. The van der Waals surface area contributed by atoms with Gasteiger partial charge in [-0.05, 0) is 50.7 Å². The van der Waals surface area contributed by atoms with Crippen LogP contribution >= 0.6 is 190 Å². The smallest absolute Gasteiger partial charge is 0.306 e. The fourth-order valence-corrected chi connectivity index (χ4v) is 23.6. The number of thioether (sulfide) groups is 14. The zero-order valence-electron chi connectivity index (χ0n) is 27.9. The number of esters is 2. The Morgan fingerprint density at radius 1 is 0.549 bits per heavy atom. The Labute approximate surface area is 373 Å². The second kappa shape index (κ2) is 25.7. The van der Waals surface area contributed by atoms with Gasteiger partial charge in [0.2, 0.25) is 0 Å². The van der Waals surface area contributed by atoms with E-state index in [4.69, 9.17) is 9.47 Å². The Hall–Kier alpha value is 2.46. The van der Waals surface area contributed by atoms with Crippen LogP contribution in [0.5, 0.6) is 0 Å². The van der Waals surface area contributed by atoms with Crippen LogP contribution in [0.1, 0.15) is 26.7 Å². The molecular formula is C31H36O4S16. The summed E-state index contributed by atoms with van der Waals surface area (Å²) in [6.07, 6.45) is 14.0. The van der Waals surface area contributed by atoms with Crippen molar-refractivity contribution in [3.8, 4) is 0 Å². The van der Waals surface area contributed by atoms with Crippen molar-refractivity contribution in [2.45, 2.75) is 26.7 Å². The number of carbonyl (C=O) groups excluding carboxylic acids is 2. The summed E-state index contributed by atoms with van der Waals surface area (Å²) in [6.45, 7) is 4.50. The molecule has 0 N–H and O–H groups in total. The van der Waals surface area contributed by atoms with E-state index >= 15 is 0 Å². The molecule has 0 aromatic rings. The van der Waals surface area contributed by atoms with E-state index in [0.29, 0.717) is 37.6 Å². The lowest BCUT2D eigenvalue weighted by molar-refractivity contribution is -0.143. The molecule has 20 heteroatoms. The zero-order valence-corrected chi connectivity index (χ0v) is 41.1. The van der Waals surface area contributed by atoms with Crippen LogP contribution in [0.15, 0.2) is 76.5 Å². The molecule has 0 aromatic heterocycles. The largest absolute Gasteiger partial charge is 0.466 e. The molecule has 0 saturated carbocycles. The van der Waals surface area contributed by atoms with Crippen LogP contribution in [0, 0.1) is 0 Å². The van der Waals surface area contributed by atoms with Gasteiger partial charge in [-0.3, -0.25) is 9.59 Å². The van der Waals surface area contributed by atoms with Gasteiger partial charge in [0.05, 0.1) is 64.2 Å². The van der Waals surface area contributed by atoms with Gasteiger partial charge >= 0.3 is 11.9 Å². The van der Waals surface area contributed by atoms with E-state index in [9.17, 15) is 9.59 Å².